The molecule has 1 aromatic rings. The molecule has 1 fully saturated rings. The van der Waals surface area contributed by atoms with Crippen LogP contribution in [0.5, 0.6) is 0 Å². The van der Waals surface area contributed by atoms with E-state index in [-0.39, 0.29) is 0 Å². The van der Waals surface area contributed by atoms with Gasteiger partial charge in [0, 0.05) is 0 Å². The van der Waals surface area contributed by atoms with Gasteiger partial charge in [-0.3, -0.25) is 0 Å². The lowest BCUT2D eigenvalue weighted by atomic mass is 9.72. The molecule has 1 saturated carbocycles. The Kier molecular flexibility index (Phi) is 6.59. The second kappa shape index (κ2) is 8.46. The highest BCUT2D eigenvalue weighted by Crippen LogP contribution is 2.36. The molecular weight excluding hydrogens is 242 g/mol. The van der Waals surface area contributed by atoms with E-state index in [1.165, 1.54) is 50.6 Å². The minimum Gasteiger partial charge on any atom is -0.317 e. The SMILES string of the molecule is CCNCC1CCC(C)CC1CCCc1ccccc1. The summed E-state index contributed by atoms with van der Waals surface area (Å²) in [4.78, 5) is 0. The Morgan fingerprint density at radius 1 is 1.10 bits per heavy atom. The third kappa shape index (κ3) is 4.94. The van der Waals surface area contributed by atoms with Gasteiger partial charge in [-0.15, -0.1) is 0 Å². The first kappa shape index (κ1) is 15.6. The standard InChI is InChI=1S/C19H31N/c1-3-20-15-19-13-12-16(2)14-18(19)11-7-10-17-8-5-4-6-9-17/h4-6,8-9,16,18-20H,3,7,10-15H2,1-2H3. The zero-order valence-electron chi connectivity index (χ0n) is 13.3. The van der Waals surface area contributed by atoms with E-state index in [2.05, 4.69) is 49.5 Å². The summed E-state index contributed by atoms with van der Waals surface area (Å²) in [5.41, 5.74) is 1.50. The van der Waals surface area contributed by atoms with E-state index in [9.17, 15) is 0 Å². The molecule has 0 aromatic heterocycles. The molecule has 1 heteroatoms. The van der Waals surface area contributed by atoms with Gasteiger partial charge >= 0.3 is 0 Å². The predicted octanol–water partition coefficient (Wildman–Crippen LogP) is 4.67. The normalized spacial score (nSPS) is 26.6. The largest absolute Gasteiger partial charge is 0.317 e. The molecule has 2 rings (SSSR count). The zero-order valence-corrected chi connectivity index (χ0v) is 13.3. The summed E-state index contributed by atoms with van der Waals surface area (Å²) in [6.45, 7) is 7.01. The maximum absolute atomic E-state index is 3.57. The van der Waals surface area contributed by atoms with Crippen molar-refractivity contribution in [2.45, 2.75) is 52.4 Å². The van der Waals surface area contributed by atoms with Crippen molar-refractivity contribution in [3.05, 3.63) is 35.9 Å². The highest BCUT2D eigenvalue weighted by atomic mass is 14.8. The Hall–Kier alpha value is -0.820. The van der Waals surface area contributed by atoms with Crippen molar-refractivity contribution in [2.24, 2.45) is 17.8 Å². The van der Waals surface area contributed by atoms with Gasteiger partial charge < -0.3 is 5.32 Å². The van der Waals surface area contributed by atoms with Crippen molar-refractivity contribution in [1.82, 2.24) is 5.32 Å². The summed E-state index contributed by atoms with van der Waals surface area (Å²) in [6, 6.07) is 11.0. The number of nitrogens with one attached hydrogen (secondary N) is 1. The van der Waals surface area contributed by atoms with Crippen LogP contribution in [0, 0.1) is 17.8 Å². The molecule has 1 aliphatic carbocycles. The van der Waals surface area contributed by atoms with Crippen molar-refractivity contribution >= 4 is 0 Å². The molecule has 0 bridgehead atoms. The van der Waals surface area contributed by atoms with Crippen molar-refractivity contribution in [3.8, 4) is 0 Å². The molecule has 3 unspecified atom stereocenters. The van der Waals surface area contributed by atoms with Crippen molar-refractivity contribution in [2.75, 3.05) is 13.1 Å². The first-order valence-electron chi connectivity index (χ1n) is 8.54. The average Bonchev–Trinajstić information content (AvgIpc) is 2.47. The number of hydrogen-bond acceptors (Lipinski definition) is 1. The Balaban J connectivity index is 1.78. The number of rotatable bonds is 7. The Morgan fingerprint density at radius 3 is 2.65 bits per heavy atom. The van der Waals surface area contributed by atoms with E-state index in [4.69, 9.17) is 0 Å². The quantitative estimate of drug-likeness (QED) is 0.761. The second-order valence-electron chi connectivity index (χ2n) is 6.62. The van der Waals surface area contributed by atoms with Crippen LogP contribution < -0.4 is 5.32 Å². The molecule has 112 valence electrons. The molecular formula is C19H31N. The molecule has 0 spiro atoms. The molecule has 3 atom stereocenters. The van der Waals surface area contributed by atoms with E-state index < -0.39 is 0 Å². The number of hydrogen-bond donors (Lipinski definition) is 1. The summed E-state index contributed by atoms with van der Waals surface area (Å²) in [6.07, 6.45) is 8.33. The number of benzene rings is 1. The summed E-state index contributed by atoms with van der Waals surface area (Å²) >= 11 is 0. The van der Waals surface area contributed by atoms with Crippen molar-refractivity contribution in [1.29, 1.82) is 0 Å². The van der Waals surface area contributed by atoms with E-state index in [1.54, 1.807) is 0 Å². The molecule has 0 amide bonds. The fraction of sp³-hybridized carbons (Fsp3) is 0.684. The third-order valence-corrected chi connectivity index (χ3v) is 4.94. The van der Waals surface area contributed by atoms with Crippen LogP contribution in [0.2, 0.25) is 0 Å². The van der Waals surface area contributed by atoms with Gasteiger partial charge in [0.05, 0.1) is 0 Å². The van der Waals surface area contributed by atoms with Gasteiger partial charge in [0.1, 0.15) is 0 Å². The maximum Gasteiger partial charge on any atom is -0.00180 e. The van der Waals surface area contributed by atoms with E-state index >= 15 is 0 Å². The van der Waals surface area contributed by atoms with Crippen LogP contribution in [-0.4, -0.2) is 13.1 Å². The molecule has 1 N–H and O–H groups in total. The third-order valence-electron chi connectivity index (χ3n) is 4.94. The van der Waals surface area contributed by atoms with Crippen molar-refractivity contribution < 1.29 is 0 Å². The van der Waals surface area contributed by atoms with E-state index in [0.717, 1.165) is 24.3 Å². The lowest BCUT2D eigenvalue weighted by Gasteiger charge is -2.35. The van der Waals surface area contributed by atoms with Crippen LogP contribution in [0.25, 0.3) is 0 Å². The highest BCUT2D eigenvalue weighted by molar-refractivity contribution is 5.14. The predicted molar refractivity (Wildman–Crippen MR) is 87.9 cm³/mol. The van der Waals surface area contributed by atoms with Gasteiger partial charge in [0.15, 0.2) is 0 Å². The van der Waals surface area contributed by atoms with Gasteiger partial charge in [-0.1, -0.05) is 50.6 Å². The average molecular weight is 273 g/mol. The number of aryl methyl sites for hydroxylation is 1. The fourth-order valence-corrected chi connectivity index (χ4v) is 3.73. The summed E-state index contributed by atoms with van der Waals surface area (Å²) < 4.78 is 0. The summed E-state index contributed by atoms with van der Waals surface area (Å²) in [5, 5.41) is 3.57. The maximum atomic E-state index is 3.57. The minimum absolute atomic E-state index is 0.918. The van der Waals surface area contributed by atoms with Gasteiger partial charge in [0.2, 0.25) is 0 Å². The second-order valence-corrected chi connectivity index (χ2v) is 6.62. The summed E-state index contributed by atoms with van der Waals surface area (Å²) in [7, 11) is 0. The molecule has 0 saturated heterocycles. The van der Waals surface area contributed by atoms with Gasteiger partial charge in [-0.25, -0.2) is 0 Å². The van der Waals surface area contributed by atoms with Crippen LogP contribution in [0.3, 0.4) is 0 Å². The van der Waals surface area contributed by atoms with Gasteiger partial charge in [-0.2, -0.15) is 0 Å². The minimum atomic E-state index is 0.918. The molecule has 0 heterocycles. The van der Waals surface area contributed by atoms with Crippen LogP contribution in [-0.2, 0) is 6.42 Å². The molecule has 20 heavy (non-hydrogen) atoms. The van der Waals surface area contributed by atoms with Crippen LogP contribution in [0.1, 0.15) is 51.5 Å². The Morgan fingerprint density at radius 2 is 1.90 bits per heavy atom. The lowest BCUT2D eigenvalue weighted by molar-refractivity contribution is 0.173. The zero-order chi connectivity index (χ0) is 14.2. The molecule has 0 radical (unpaired) electrons. The fourth-order valence-electron chi connectivity index (χ4n) is 3.73. The first-order valence-corrected chi connectivity index (χ1v) is 8.54. The van der Waals surface area contributed by atoms with Crippen LogP contribution >= 0.6 is 0 Å². The van der Waals surface area contributed by atoms with Crippen LogP contribution in [0.15, 0.2) is 30.3 Å². The highest BCUT2D eigenvalue weighted by Gasteiger charge is 2.27. The Bertz CT molecular complexity index is 357. The molecule has 1 nitrogen and oxygen atoms in total. The Labute approximate surface area is 125 Å². The molecule has 1 aromatic carbocycles. The van der Waals surface area contributed by atoms with E-state index in [0.29, 0.717) is 0 Å². The molecule has 1 aliphatic rings. The van der Waals surface area contributed by atoms with Crippen molar-refractivity contribution in [3.63, 3.8) is 0 Å². The monoisotopic (exact) mass is 273 g/mol. The first-order chi connectivity index (χ1) is 9.79. The topological polar surface area (TPSA) is 12.0 Å². The smallest absolute Gasteiger partial charge is 0.00180 e. The van der Waals surface area contributed by atoms with E-state index in [1.807, 2.05) is 0 Å². The summed E-state index contributed by atoms with van der Waals surface area (Å²) in [5.74, 6) is 2.80. The van der Waals surface area contributed by atoms with Crippen LogP contribution in [0.4, 0.5) is 0 Å². The van der Waals surface area contributed by atoms with Gasteiger partial charge in [-0.05, 0) is 68.5 Å². The van der Waals surface area contributed by atoms with Gasteiger partial charge in [0.25, 0.3) is 0 Å². The lowest BCUT2D eigenvalue weighted by Crippen LogP contribution is -2.32. The molecule has 0 aliphatic heterocycles.